The van der Waals surface area contributed by atoms with E-state index < -0.39 is 0 Å². The molecule has 0 aliphatic carbocycles. The Kier molecular flexibility index (Phi) is 3.48. The Morgan fingerprint density at radius 1 is 1.41 bits per heavy atom. The highest BCUT2D eigenvalue weighted by Crippen LogP contribution is 2.36. The maximum atomic E-state index is 11.7. The highest BCUT2D eigenvalue weighted by Gasteiger charge is 2.28. The molecule has 0 aromatic heterocycles. The zero-order chi connectivity index (χ0) is 12.4. The van der Waals surface area contributed by atoms with E-state index in [2.05, 4.69) is 24.4 Å². The van der Waals surface area contributed by atoms with Crippen molar-refractivity contribution in [3.63, 3.8) is 0 Å². The Bertz CT molecular complexity index is 440. The summed E-state index contributed by atoms with van der Waals surface area (Å²) in [7, 11) is 0. The summed E-state index contributed by atoms with van der Waals surface area (Å²) in [5.74, 6) is 0.0961. The molecule has 0 fully saturated rings. The third-order valence-electron chi connectivity index (χ3n) is 3.47. The second kappa shape index (κ2) is 4.88. The van der Waals surface area contributed by atoms with Crippen LogP contribution in [0.15, 0.2) is 12.1 Å². The molecule has 0 saturated carbocycles. The topological polar surface area (TPSA) is 55.1 Å². The number of benzene rings is 1. The van der Waals surface area contributed by atoms with E-state index in [1.807, 2.05) is 6.92 Å². The van der Waals surface area contributed by atoms with Crippen molar-refractivity contribution in [1.29, 1.82) is 0 Å². The summed E-state index contributed by atoms with van der Waals surface area (Å²) >= 11 is 0. The van der Waals surface area contributed by atoms with E-state index in [0.29, 0.717) is 6.54 Å². The molecule has 1 amide bonds. The predicted octanol–water partition coefficient (Wildman–Crippen LogP) is 2.20. The predicted molar refractivity (Wildman–Crippen MR) is 70.2 cm³/mol. The standard InChI is InChI=1S/C14H20N2O/c1-3-11-7-10(5-4-6-15)8-12-9(2)14(17)16-13(11)12/h7-9H,3-6,15H2,1-2H3,(H,16,17). The minimum Gasteiger partial charge on any atom is -0.330 e. The fraction of sp³-hybridized carbons (Fsp3) is 0.500. The molecule has 2 rings (SSSR count). The molecule has 17 heavy (non-hydrogen) atoms. The molecule has 0 saturated heterocycles. The average molecular weight is 232 g/mol. The van der Waals surface area contributed by atoms with Crippen molar-refractivity contribution in [1.82, 2.24) is 0 Å². The Morgan fingerprint density at radius 2 is 2.18 bits per heavy atom. The maximum absolute atomic E-state index is 11.7. The van der Waals surface area contributed by atoms with Crippen LogP contribution in [-0.4, -0.2) is 12.5 Å². The van der Waals surface area contributed by atoms with Gasteiger partial charge in [0.2, 0.25) is 5.91 Å². The van der Waals surface area contributed by atoms with Crippen LogP contribution in [0.3, 0.4) is 0 Å². The van der Waals surface area contributed by atoms with Crippen LogP contribution >= 0.6 is 0 Å². The van der Waals surface area contributed by atoms with Gasteiger partial charge in [-0.05, 0) is 49.4 Å². The van der Waals surface area contributed by atoms with Gasteiger partial charge in [0, 0.05) is 5.69 Å². The highest BCUT2D eigenvalue weighted by molar-refractivity contribution is 6.03. The number of nitrogens with two attached hydrogens (primary N) is 1. The first-order chi connectivity index (χ1) is 8.17. The lowest BCUT2D eigenvalue weighted by Crippen LogP contribution is -2.08. The second-order valence-electron chi connectivity index (χ2n) is 4.68. The van der Waals surface area contributed by atoms with E-state index in [9.17, 15) is 4.79 Å². The Labute approximate surface area is 102 Å². The molecule has 92 valence electrons. The van der Waals surface area contributed by atoms with Crippen LogP contribution in [0.4, 0.5) is 5.69 Å². The van der Waals surface area contributed by atoms with Crippen molar-refractivity contribution in [2.24, 2.45) is 5.73 Å². The lowest BCUT2D eigenvalue weighted by Gasteiger charge is -2.10. The minimum atomic E-state index is -0.0203. The molecular formula is C14H20N2O. The number of aryl methyl sites for hydroxylation is 2. The number of carbonyl (C=O) groups excluding carboxylic acids is 1. The Balaban J connectivity index is 2.38. The molecule has 0 spiro atoms. The van der Waals surface area contributed by atoms with E-state index in [-0.39, 0.29) is 11.8 Å². The molecule has 3 nitrogen and oxygen atoms in total. The second-order valence-corrected chi connectivity index (χ2v) is 4.68. The van der Waals surface area contributed by atoms with Crippen LogP contribution < -0.4 is 11.1 Å². The molecule has 1 aromatic rings. The summed E-state index contributed by atoms with van der Waals surface area (Å²) in [6.07, 6.45) is 2.95. The van der Waals surface area contributed by atoms with E-state index in [1.165, 1.54) is 11.1 Å². The first kappa shape index (κ1) is 12.1. The van der Waals surface area contributed by atoms with Crippen molar-refractivity contribution in [2.75, 3.05) is 11.9 Å². The molecular weight excluding hydrogens is 212 g/mol. The number of amides is 1. The summed E-state index contributed by atoms with van der Waals surface area (Å²) in [5, 5.41) is 2.99. The molecule has 1 aromatic carbocycles. The third-order valence-corrected chi connectivity index (χ3v) is 3.47. The van der Waals surface area contributed by atoms with Crippen molar-refractivity contribution < 1.29 is 4.79 Å². The van der Waals surface area contributed by atoms with Crippen LogP contribution in [0, 0.1) is 0 Å². The quantitative estimate of drug-likeness (QED) is 0.836. The van der Waals surface area contributed by atoms with Gasteiger partial charge in [-0.15, -0.1) is 0 Å². The smallest absolute Gasteiger partial charge is 0.231 e. The number of anilines is 1. The third kappa shape index (κ3) is 2.20. The molecule has 0 bridgehead atoms. The van der Waals surface area contributed by atoms with Crippen molar-refractivity contribution >= 4 is 11.6 Å². The zero-order valence-corrected chi connectivity index (χ0v) is 10.5. The van der Waals surface area contributed by atoms with E-state index >= 15 is 0 Å². The van der Waals surface area contributed by atoms with Gasteiger partial charge in [-0.2, -0.15) is 0 Å². The van der Waals surface area contributed by atoms with Gasteiger partial charge < -0.3 is 11.1 Å². The number of carbonyl (C=O) groups is 1. The summed E-state index contributed by atoms with van der Waals surface area (Å²) < 4.78 is 0. The highest BCUT2D eigenvalue weighted by atomic mass is 16.2. The van der Waals surface area contributed by atoms with Gasteiger partial charge in [-0.3, -0.25) is 4.79 Å². The SMILES string of the molecule is CCc1cc(CCCN)cc2c1NC(=O)C2C. The van der Waals surface area contributed by atoms with Gasteiger partial charge in [-0.25, -0.2) is 0 Å². The summed E-state index contributed by atoms with van der Waals surface area (Å²) in [4.78, 5) is 11.7. The lowest BCUT2D eigenvalue weighted by molar-refractivity contribution is -0.116. The van der Waals surface area contributed by atoms with Crippen molar-refractivity contribution in [2.45, 2.75) is 39.0 Å². The van der Waals surface area contributed by atoms with Gasteiger partial charge in [0.1, 0.15) is 0 Å². The molecule has 1 atom stereocenters. The van der Waals surface area contributed by atoms with E-state index in [0.717, 1.165) is 30.5 Å². The molecule has 1 unspecified atom stereocenters. The number of hydrogen-bond donors (Lipinski definition) is 2. The first-order valence-corrected chi connectivity index (χ1v) is 6.34. The van der Waals surface area contributed by atoms with E-state index in [1.54, 1.807) is 0 Å². The van der Waals surface area contributed by atoms with Gasteiger partial charge in [0.05, 0.1) is 5.92 Å². The summed E-state index contributed by atoms with van der Waals surface area (Å²) in [6, 6.07) is 4.36. The molecule has 0 radical (unpaired) electrons. The fourth-order valence-electron chi connectivity index (χ4n) is 2.39. The van der Waals surface area contributed by atoms with Gasteiger partial charge in [0.15, 0.2) is 0 Å². The minimum absolute atomic E-state index is 0.0203. The maximum Gasteiger partial charge on any atom is 0.231 e. The number of fused-ring (bicyclic) bond motifs is 1. The van der Waals surface area contributed by atoms with Crippen LogP contribution in [0.25, 0.3) is 0 Å². The lowest BCUT2D eigenvalue weighted by atomic mass is 9.94. The van der Waals surface area contributed by atoms with Gasteiger partial charge in [0.25, 0.3) is 0 Å². The number of hydrogen-bond acceptors (Lipinski definition) is 2. The Morgan fingerprint density at radius 3 is 2.82 bits per heavy atom. The van der Waals surface area contributed by atoms with Crippen LogP contribution in [-0.2, 0) is 17.6 Å². The normalized spacial score (nSPS) is 18.1. The average Bonchev–Trinajstić information content (AvgIpc) is 2.62. The van der Waals surface area contributed by atoms with E-state index in [4.69, 9.17) is 5.73 Å². The van der Waals surface area contributed by atoms with Gasteiger partial charge in [-0.1, -0.05) is 19.1 Å². The molecule has 3 heteroatoms. The van der Waals surface area contributed by atoms with Gasteiger partial charge >= 0.3 is 0 Å². The van der Waals surface area contributed by atoms with Crippen LogP contribution in [0.2, 0.25) is 0 Å². The zero-order valence-electron chi connectivity index (χ0n) is 10.5. The van der Waals surface area contributed by atoms with Crippen LogP contribution in [0.5, 0.6) is 0 Å². The van der Waals surface area contributed by atoms with Crippen molar-refractivity contribution in [3.05, 3.63) is 28.8 Å². The monoisotopic (exact) mass is 232 g/mol. The molecule has 1 heterocycles. The van der Waals surface area contributed by atoms with Crippen LogP contribution in [0.1, 0.15) is 42.9 Å². The Hall–Kier alpha value is -1.35. The largest absolute Gasteiger partial charge is 0.330 e. The fourth-order valence-corrected chi connectivity index (χ4v) is 2.39. The van der Waals surface area contributed by atoms with Crippen molar-refractivity contribution in [3.8, 4) is 0 Å². The summed E-state index contributed by atoms with van der Waals surface area (Å²) in [6.45, 7) is 4.80. The molecule has 1 aliphatic rings. The number of rotatable bonds is 4. The molecule has 3 N–H and O–H groups in total. The first-order valence-electron chi connectivity index (χ1n) is 6.34. The molecule has 1 aliphatic heterocycles. The summed E-state index contributed by atoms with van der Waals surface area (Å²) in [5.41, 5.74) is 10.3. The number of nitrogens with one attached hydrogen (secondary N) is 1.